The predicted octanol–water partition coefficient (Wildman–Crippen LogP) is 3.42. The standard InChI is InChI=1S/C31H36N10O3/c1-4-27(43)41-11-5-6-23(41)19-44-30-28-24(25-17-33-18-26(32-3)36-25)16-34-29(28)37-31(38-30)35-21-7-9-22(10-8-21)40-14-12-39(13-15-40)20(2)42/h4,7-10,16-18,23H,1,5-6,11-15,19H2,2-3H3,(H,32,36)(H2,34,35,37,38). The van der Waals surface area contributed by atoms with E-state index in [1.807, 2.05) is 35.4 Å². The zero-order valence-corrected chi connectivity index (χ0v) is 24.9. The quantitative estimate of drug-likeness (QED) is 0.246. The van der Waals surface area contributed by atoms with Crippen molar-refractivity contribution in [1.29, 1.82) is 0 Å². The number of fused-ring (bicyclic) bond motifs is 1. The number of aromatic amines is 1. The number of hydrogen-bond donors (Lipinski definition) is 3. The van der Waals surface area contributed by atoms with Crippen LogP contribution in [0.3, 0.4) is 0 Å². The highest BCUT2D eigenvalue weighted by atomic mass is 16.5. The van der Waals surface area contributed by atoms with Crippen LogP contribution in [-0.2, 0) is 9.59 Å². The van der Waals surface area contributed by atoms with Crippen molar-refractivity contribution in [3.63, 3.8) is 0 Å². The summed E-state index contributed by atoms with van der Waals surface area (Å²) < 4.78 is 6.37. The predicted molar refractivity (Wildman–Crippen MR) is 169 cm³/mol. The molecule has 4 aromatic rings. The van der Waals surface area contributed by atoms with Gasteiger partial charge in [0.05, 0.1) is 29.5 Å². The van der Waals surface area contributed by atoms with Gasteiger partial charge in [-0.25, -0.2) is 4.98 Å². The molecule has 0 spiro atoms. The van der Waals surface area contributed by atoms with Crippen molar-refractivity contribution < 1.29 is 14.3 Å². The molecule has 6 rings (SSSR count). The van der Waals surface area contributed by atoms with Gasteiger partial charge in [-0.2, -0.15) is 9.97 Å². The van der Waals surface area contributed by atoms with E-state index < -0.39 is 0 Å². The normalized spacial score (nSPS) is 16.7. The second kappa shape index (κ2) is 12.6. The van der Waals surface area contributed by atoms with E-state index in [2.05, 4.69) is 37.1 Å². The van der Waals surface area contributed by atoms with E-state index in [9.17, 15) is 9.59 Å². The molecule has 0 radical (unpaired) electrons. The van der Waals surface area contributed by atoms with Crippen LogP contribution in [0.1, 0.15) is 19.8 Å². The molecule has 5 heterocycles. The highest BCUT2D eigenvalue weighted by Gasteiger charge is 2.29. The summed E-state index contributed by atoms with van der Waals surface area (Å²) in [5.74, 6) is 1.39. The molecule has 13 heteroatoms. The summed E-state index contributed by atoms with van der Waals surface area (Å²) in [5.41, 5.74) is 3.88. The smallest absolute Gasteiger partial charge is 0.246 e. The summed E-state index contributed by atoms with van der Waals surface area (Å²) in [6.45, 7) is 9.23. The number of ether oxygens (including phenoxy) is 1. The second-order valence-electron chi connectivity index (χ2n) is 10.8. The molecule has 44 heavy (non-hydrogen) atoms. The number of nitrogens with zero attached hydrogens (tertiary/aromatic N) is 7. The maximum absolute atomic E-state index is 12.4. The fourth-order valence-corrected chi connectivity index (χ4v) is 5.73. The first kappa shape index (κ1) is 28.9. The highest BCUT2D eigenvalue weighted by Crippen LogP contribution is 2.35. The topological polar surface area (TPSA) is 144 Å². The minimum atomic E-state index is -0.100. The molecule has 0 bridgehead atoms. The monoisotopic (exact) mass is 596 g/mol. The van der Waals surface area contributed by atoms with Crippen LogP contribution in [0, 0.1) is 0 Å². The Hall–Kier alpha value is -5.20. The highest BCUT2D eigenvalue weighted by molar-refractivity contribution is 5.97. The maximum atomic E-state index is 12.4. The fourth-order valence-electron chi connectivity index (χ4n) is 5.73. The van der Waals surface area contributed by atoms with Gasteiger partial charge in [0.15, 0.2) is 0 Å². The number of rotatable bonds is 9. The van der Waals surface area contributed by atoms with Gasteiger partial charge in [-0.3, -0.25) is 14.6 Å². The lowest BCUT2D eigenvalue weighted by molar-refractivity contribution is -0.129. The molecular formula is C31H36N10O3. The maximum Gasteiger partial charge on any atom is 0.246 e. The number of carbonyl (C=O) groups excluding carboxylic acids is 2. The molecule has 2 saturated heterocycles. The molecule has 1 unspecified atom stereocenters. The number of hydrogen-bond acceptors (Lipinski definition) is 10. The fraction of sp³-hybridized carbons (Fsp3) is 0.355. The molecule has 228 valence electrons. The van der Waals surface area contributed by atoms with E-state index >= 15 is 0 Å². The van der Waals surface area contributed by atoms with Gasteiger partial charge in [0.2, 0.25) is 23.6 Å². The number of aromatic nitrogens is 5. The van der Waals surface area contributed by atoms with Crippen LogP contribution in [0.2, 0.25) is 0 Å². The number of amides is 2. The number of H-pyrrole nitrogens is 1. The average molecular weight is 597 g/mol. The van der Waals surface area contributed by atoms with Crippen molar-refractivity contribution >= 4 is 46.0 Å². The van der Waals surface area contributed by atoms with E-state index in [0.29, 0.717) is 40.9 Å². The number of nitrogens with one attached hydrogen (secondary N) is 3. The lowest BCUT2D eigenvalue weighted by Crippen LogP contribution is -2.48. The molecule has 0 saturated carbocycles. The van der Waals surface area contributed by atoms with Gasteiger partial charge in [0.25, 0.3) is 0 Å². The number of likely N-dealkylation sites (tertiary alicyclic amines) is 1. The average Bonchev–Trinajstić information content (AvgIpc) is 3.71. The molecule has 3 aromatic heterocycles. The summed E-state index contributed by atoms with van der Waals surface area (Å²) in [6, 6.07) is 7.98. The summed E-state index contributed by atoms with van der Waals surface area (Å²) >= 11 is 0. The lowest BCUT2D eigenvalue weighted by Gasteiger charge is -2.35. The summed E-state index contributed by atoms with van der Waals surface area (Å²) in [6.07, 6.45) is 8.25. The zero-order chi connectivity index (χ0) is 30.6. The summed E-state index contributed by atoms with van der Waals surface area (Å²) in [5, 5.41) is 7.01. The van der Waals surface area contributed by atoms with E-state index in [0.717, 1.165) is 56.0 Å². The molecule has 2 fully saturated rings. The third-order valence-corrected chi connectivity index (χ3v) is 8.13. The number of carbonyl (C=O) groups is 2. The van der Waals surface area contributed by atoms with Crippen LogP contribution in [0.25, 0.3) is 22.3 Å². The SMILES string of the molecule is C=CC(=O)N1CCCC1COc1nc(Nc2ccc(N3CCN(C(C)=O)CC3)cc2)nc2[nH]cc(-c3cncc(NC)n3)c12. The van der Waals surface area contributed by atoms with E-state index in [-0.39, 0.29) is 24.5 Å². The van der Waals surface area contributed by atoms with E-state index in [1.54, 1.807) is 31.3 Å². The van der Waals surface area contributed by atoms with Gasteiger partial charge in [0, 0.05) is 69.8 Å². The van der Waals surface area contributed by atoms with Crippen molar-refractivity contribution in [1.82, 2.24) is 34.7 Å². The molecular weight excluding hydrogens is 560 g/mol. The molecule has 3 N–H and O–H groups in total. The third kappa shape index (κ3) is 5.98. The van der Waals surface area contributed by atoms with Gasteiger partial charge in [-0.1, -0.05) is 6.58 Å². The lowest BCUT2D eigenvalue weighted by atomic mass is 10.2. The Bertz CT molecular complexity index is 1660. The van der Waals surface area contributed by atoms with Crippen LogP contribution in [-0.4, -0.2) is 99.0 Å². The summed E-state index contributed by atoms with van der Waals surface area (Å²) in [4.78, 5) is 51.8. The Kier molecular flexibility index (Phi) is 8.26. The van der Waals surface area contributed by atoms with Crippen molar-refractivity contribution in [2.75, 3.05) is 61.9 Å². The largest absolute Gasteiger partial charge is 0.475 e. The molecule has 1 atom stereocenters. The minimum Gasteiger partial charge on any atom is -0.475 e. The van der Waals surface area contributed by atoms with Gasteiger partial charge in [0.1, 0.15) is 18.1 Å². The molecule has 13 nitrogen and oxygen atoms in total. The second-order valence-corrected chi connectivity index (χ2v) is 10.8. The van der Waals surface area contributed by atoms with Crippen LogP contribution in [0.4, 0.5) is 23.1 Å². The summed E-state index contributed by atoms with van der Waals surface area (Å²) in [7, 11) is 1.79. The van der Waals surface area contributed by atoms with E-state index in [4.69, 9.17) is 14.7 Å². The third-order valence-electron chi connectivity index (χ3n) is 8.13. The molecule has 2 aliphatic rings. The van der Waals surface area contributed by atoms with Gasteiger partial charge >= 0.3 is 0 Å². The molecule has 2 amide bonds. The Balaban J connectivity index is 1.27. The van der Waals surface area contributed by atoms with Crippen molar-refractivity contribution in [3.8, 4) is 17.1 Å². The number of anilines is 4. The van der Waals surface area contributed by atoms with Crippen molar-refractivity contribution in [2.45, 2.75) is 25.8 Å². The minimum absolute atomic E-state index is 0.0819. The van der Waals surface area contributed by atoms with Gasteiger partial charge < -0.3 is 35.1 Å². The van der Waals surface area contributed by atoms with Crippen LogP contribution in [0.15, 0.2) is 55.5 Å². The first-order chi connectivity index (χ1) is 21.4. The van der Waals surface area contributed by atoms with Gasteiger partial charge in [-0.15, -0.1) is 0 Å². The Labute approximate surface area is 255 Å². The Morgan fingerprint density at radius 1 is 1.09 bits per heavy atom. The van der Waals surface area contributed by atoms with Crippen molar-refractivity contribution in [3.05, 3.63) is 55.5 Å². The van der Waals surface area contributed by atoms with Gasteiger partial charge in [-0.05, 0) is 43.2 Å². The molecule has 2 aliphatic heterocycles. The van der Waals surface area contributed by atoms with E-state index in [1.165, 1.54) is 6.08 Å². The van der Waals surface area contributed by atoms with Crippen molar-refractivity contribution in [2.24, 2.45) is 0 Å². The molecule has 0 aliphatic carbocycles. The van der Waals surface area contributed by atoms with Crippen LogP contribution in [0.5, 0.6) is 5.88 Å². The first-order valence-corrected chi connectivity index (χ1v) is 14.8. The molecule has 1 aromatic carbocycles. The number of piperazine rings is 1. The zero-order valence-electron chi connectivity index (χ0n) is 24.9. The van der Waals surface area contributed by atoms with Crippen LogP contribution >= 0.6 is 0 Å². The Morgan fingerprint density at radius 3 is 2.61 bits per heavy atom. The number of benzene rings is 1. The first-order valence-electron chi connectivity index (χ1n) is 14.8. The van der Waals surface area contributed by atoms with Crippen LogP contribution < -0.4 is 20.3 Å². The Morgan fingerprint density at radius 2 is 1.89 bits per heavy atom.